The van der Waals surface area contributed by atoms with E-state index in [2.05, 4.69) is 5.32 Å². The van der Waals surface area contributed by atoms with Crippen LogP contribution < -0.4 is 10.1 Å². The maximum absolute atomic E-state index is 12.3. The summed E-state index contributed by atoms with van der Waals surface area (Å²) in [5.41, 5.74) is 0.657. The number of carboxylic acids is 1. The lowest BCUT2D eigenvalue weighted by Gasteiger charge is -2.11. The standard InChI is InChI=1S/C20H14ClNO4/c21-14-6-4-5-13(11-14)19(23)22-15-9-10-18(17(12-15)20(24)25)26-16-7-2-1-3-8-16/h1-12H,(H,22,23)(H,24,25). The molecule has 0 aromatic heterocycles. The number of carbonyl (C=O) groups is 2. The molecule has 0 atom stereocenters. The zero-order valence-electron chi connectivity index (χ0n) is 13.5. The zero-order valence-corrected chi connectivity index (χ0v) is 14.2. The number of nitrogens with one attached hydrogen (secondary N) is 1. The van der Waals surface area contributed by atoms with Gasteiger partial charge in [-0.05, 0) is 48.5 Å². The third-order valence-corrected chi connectivity index (χ3v) is 3.76. The molecule has 0 unspecified atom stereocenters. The van der Waals surface area contributed by atoms with Crippen LogP contribution in [0.5, 0.6) is 11.5 Å². The van der Waals surface area contributed by atoms with E-state index < -0.39 is 5.97 Å². The van der Waals surface area contributed by atoms with Gasteiger partial charge in [-0.1, -0.05) is 35.9 Å². The summed E-state index contributed by atoms with van der Waals surface area (Å²) in [6.45, 7) is 0. The van der Waals surface area contributed by atoms with Crippen LogP contribution >= 0.6 is 11.6 Å². The molecular formula is C20H14ClNO4. The number of carboxylic acid groups (broad SMARTS) is 1. The lowest BCUT2D eigenvalue weighted by molar-refractivity contribution is 0.0694. The van der Waals surface area contributed by atoms with Crippen molar-refractivity contribution in [2.75, 3.05) is 5.32 Å². The highest BCUT2D eigenvalue weighted by Crippen LogP contribution is 2.28. The molecular weight excluding hydrogens is 354 g/mol. The number of anilines is 1. The van der Waals surface area contributed by atoms with Gasteiger partial charge in [-0.25, -0.2) is 4.79 Å². The molecule has 0 aliphatic rings. The van der Waals surface area contributed by atoms with Crippen molar-refractivity contribution in [1.82, 2.24) is 0 Å². The number of rotatable bonds is 5. The van der Waals surface area contributed by atoms with Crippen molar-refractivity contribution in [1.29, 1.82) is 0 Å². The molecule has 0 saturated heterocycles. The van der Waals surface area contributed by atoms with Gasteiger partial charge < -0.3 is 15.2 Å². The Bertz CT molecular complexity index is 957. The van der Waals surface area contributed by atoms with Crippen LogP contribution in [0.3, 0.4) is 0 Å². The third-order valence-electron chi connectivity index (χ3n) is 3.53. The van der Waals surface area contributed by atoms with Gasteiger partial charge >= 0.3 is 5.97 Å². The van der Waals surface area contributed by atoms with Crippen molar-refractivity contribution < 1.29 is 19.4 Å². The Balaban J connectivity index is 1.84. The van der Waals surface area contributed by atoms with Gasteiger partial charge in [0.15, 0.2) is 0 Å². The molecule has 1 amide bonds. The number of hydrogen-bond donors (Lipinski definition) is 2. The molecule has 3 aromatic rings. The predicted molar refractivity (Wildman–Crippen MR) is 99.3 cm³/mol. The minimum absolute atomic E-state index is 0.0576. The largest absolute Gasteiger partial charge is 0.478 e. The number of hydrogen-bond acceptors (Lipinski definition) is 3. The number of para-hydroxylation sites is 1. The summed E-state index contributed by atoms with van der Waals surface area (Å²) in [4.78, 5) is 23.8. The molecule has 2 N–H and O–H groups in total. The average Bonchev–Trinajstić information content (AvgIpc) is 2.63. The van der Waals surface area contributed by atoms with Crippen molar-refractivity contribution in [3.8, 4) is 11.5 Å². The molecule has 3 rings (SSSR count). The molecule has 26 heavy (non-hydrogen) atoms. The second-order valence-corrected chi connectivity index (χ2v) is 5.83. The number of carbonyl (C=O) groups excluding carboxylic acids is 1. The highest BCUT2D eigenvalue weighted by Gasteiger charge is 2.15. The first-order chi connectivity index (χ1) is 12.5. The Morgan fingerprint density at radius 1 is 0.923 bits per heavy atom. The van der Waals surface area contributed by atoms with Gasteiger partial charge in [-0.3, -0.25) is 4.79 Å². The maximum Gasteiger partial charge on any atom is 0.339 e. The predicted octanol–water partition coefficient (Wildman–Crippen LogP) is 5.08. The molecule has 0 aliphatic heterocycles. The van der Waals surface area contributed by atoms with Gasteiger partial charge in [0.2, 0.25) is 0 Å². The minimum Gasteiger partial charge on any atom is -0.478 e. The summed E-state index contributed by atoms with van der Waals surface area (Å²) in [5.74, 6) is -0.842. The van der Waals surface area contributed by atoms with Crippen LogP contribution in [0.15, 0.2) is 72.8 Å². The van der Waals surface area contributed by atoms with E-state index in [4.69, 9.17) is 16.3 Å². The Hall–Kier alpha value is -3.31. The Labute approximate surface area is 154 Å². The fourth-order valence-corrected chi connectivity index (χ4v) is 2.50. The first kappa shape index (κ1) is 17.5. The lowest BCUT2D eigenvalue weighted by Crippen LogP contribution is -2.12. The van der Waals surface area contributed by atoms with Gasteiger partial charge in [0, 0.05) is 16.3 Å². The number of ether oxygens (including phenoxy) is 1. The molecule has 0 radical (unpaired) electrons. The SMILES string of the molecule is O=C(Nc1ccc(Oc2ccccc2)c(C(=O)O)c1)c1cccc(Cl)c1. The highest BCUT2D eigenvalue weighted by molar-refractivity contribution is 6.31. The van der Waals surface area contributed by atoms with Gasteiger partial charge in [0.25, 0.3) is 5.91 Å². The molecule has 5 nitrogen and oxygen atoms in total. The van der Waals surface area contributed by atoms with E-state index in [9.17, 15) is 14.7 Å². The molecule has 0 spiro atoms. The van der Waals surface area contributed by atoms with Crippen molar-refractivity contribution in [3.63, 3.8) is 0 Å². The van der Waals surface area contributed by atoms with Crippen molar-refractivity contribution in [2.24, 2.45) is 0 Å². The topological polar surface area (TPSA) is 75.6 Å². The van der Waals surface area contributed by atoms with E-state index in [1.54, 1.807) is 48.5 Å². The highest BCUT2D eigenvalue weighted by atomic mass is 35.5. The van der Waals surface area contributed by atoms with Gasteiger partial charge in [0.1, 0.15) is 17.1 Å². The minimum atomic E-state index is -1.16. The van der Waals surface area contributed by atoms with Crippen molar-refractivity contribution in [2.45, 2.75) is 0 Å². The van der Waals surface area contributed by atoms with Crippen LogP contribution in [-0.2, 0) is 0 Å². The number of halogens is 1. The average molecular weight is 368 g/mol. The summed E-state index contributed by atoms with van der Waals surface area (Å²) >= 11 is 5.88. The summed E-state index contributed by atoms with van der Waals surface area (Å²) in [5, 5.41) is 12.5. The molecule has 0 fully saturated rings. The van der Waals surface area contributed by atoms with E-state index in [1.165, 1.54) is 18.2 Å². The van der Waals surface area contributed by atoms with E-state index in [0.717, 1.165) is 0 Å². The van der Waals surface area contributed by atoms with Gasteiger partial charge in [-0.15, -0.1) is 0 Å². The first-order valence-electron chi connectivity index (χ1n) is 7.70. The molecule has 0 heterocycles. The van der Waals surface area contributed by atoms with Crippen LogP contribution in [0.4, 0.5) is 5.69 Å². The molecule has 0 bridgehead atoms. The van der Waals surface area contributed by atoms with Crippen LogP contribution in [0.2, 0.25) is 5.02 Å². The molecule has 130 valence electrons. The number of aromatic carboxylic acids is 1. The zero-order chi connectivity index (χ0) is 18.5. The first-order valence-corrected chi connectivity index (χ1v) is 8.08. The monoisotopic (exact) mass is 367 g/mol. The second kappa shape index (κ2) is 7.72. The molecule has 0 saturated carbocycles. The number of amides is 1. The van der Waals surface area contributed by atoms with E-state index >= 15 is 0 Å². The lowest BCUT2D eigenvalue weighted by atomic mass is 10.1. The summed E-state index contributed by atoms with van der Waals surface area (Å²) < 4.78 is 5.62. The fraction of sp³-hybridized carbons (Fsp3) is 0. The summed E-state index contributed by atoms with van der Waals surface area (Å²) in [7, 11) is 0. The van der Waals surface area contributed by atoms with E-state index in [1.807, 2.05) is 6.07 Å². The normalized spacial score (nSPS) is 10.2. The smallest absolute Gasteiger partial charge is 0.339 e. The third kappa shape index (κ3) is 4.20. The van der Waals surface area contributed by atoms with Crippen LogP contribution in [0.1, 0.15) is 20.7 Å². The van der Waals surface area contributed by atoms with Crippen LogP contribution in [0.25, 0.3) is 0 Å². The van der Waals surface area contributed by atoms with Crippen LogP contribution in [0, 0.1) is 0 Å². The molecule has 3 aromatic carbocycles. The second-order valence-electron chi connectivity index (χ2n) is 5.40. The van der Waals surface area contributed by atoms with Crippen molar-refractivity contribution in [3.05, 3.63) is 88.9 Å². The molecule has 6 heteroatoms. The summed E-state index contributed by atoms with van der Waals surface area (Å²) in [6.07, 6.45) is 0. The van der Waals surface area contributed by atoms with Gasteiger partial charge in [0.05, 0.1) is 0 Å². The van der Waals surface area contributed by atoms with E-state index in [-0.39, 0.29) is 17.2 Å². The Kier molecular flexibility index (Phi) is 5.20. The Morgan fingerprint density at radius 2 is 1.69 bits per heavy atom. The maximum atomic E-state index is 12.3. The van der Waals surface area contributed by atoms with Gasteiger partial charge in [-0.2, -0.15) is 0 Å². The Morgan fingerprint density at radius 3 is 2.38 bits per heavy atom. The number of benzene rings is 3. The van der Waals surface area contributed by atoms with E-state index in [0.29, 0.717) is 22.0 Å². The van der Waals surface area contributed by atoms with Crippen molar-refractivity contribution >= 4 is 29.2 Å². The van der Waals surface area contributed by atoms with Crippen LogP contribution in [-0.4, -0.2) is 17.0 Å². The molecule has 0 aliphatic carbocycles. The summed E-state index contributed by atoms with van der Waals surface area (Å²) in [6, 6.07) is 19.8. The quantitative estimate of drug-likeness (QED) is 0.659. The fourth-order valence-electron chi connectivity index (χ4n) is 2.31.